The minimum Gasteiger partial charge on any atom is -0.392 e. The Labute approximate surface area is 201 Å². The van der Waals surface area contributed by atoms with Gasteiger partial charge in [-0.2, -0.15) is 0 Å². The van der Waals surface area contributed by atoms with Gasteiger partial charge in [0.2, 0.25) is 5.91 Å². The molecule has 174 valence electrons. The Balaban J connectivity index is 0.00000341. The van der Waals surface area contributed by atoms with Gasteiger partial charge in [-0.15, -0.1) is 24.0 Å². The third kappa shape index (κ3) is 7.57. The number of nitrogens with zero attached hydrogens (tertiary/aromatic N) is 4. The Bertz CT molecular complexity index is 735. The van der Waals surface area contributed by atoms with Crippen molar-refractivity contribution in [2.24, 2.45) is 4.99 Å². The molecule has 2 N–H and O–H groups in total. The third-order valence-corrected chi connectivity index (χ3v) is 5.77. The zero-order valence-electron chi connectivity index (χ0n) is 18.4. The zero-order valence-corrected chi connectivity index (χ0v) is 20.7. The van der Waals surface area contributed by atoms with Gasteiger partial charge in [0.25, 0.3) is 0 Å². The number of benzene rings is 1. The standard InChI is InChI=1S/C22H34FN5O2.HI/c1-2-24-22(25-15-18-6-7-20(23)19(14-18)17-29)28-12-10-26(11-13-28)16-21(30)27-8-4-3-5-9-27;/h6-7,14,29H,2-5,8-13,15-17H2,1H3,(H,24,25);1H. The fourth-order valence-electron chi connectivity index (χ4n) is 3.99. The normalized spacial score (nSPS) is 18.0. The van der Waals surface area contributed by atoms with Crippen molar-refractivity contribution in [1.29, 1.82) is 0 Å². The number of amides is 1. The minimum atomic E-state index is -0.396. The molecular formula is C22H35FIN5O2. The third-order valence-electron chi connectivity index (χ3n) is 5.77. The summed E-state index contributed by atoms with van der Waals surface area (Å²) < 4.78 is 13.6. The van der Waals surface area contributed by atoms with Crippen LogP contribution in [0.25, 0.3) is 0 Å². The highest BCUT2D eigenvalue weighted by atomic mass is 127. The second kappa shape index (κ2) is 13.2. The molecule has 2 saturated heterocycles. The van der Waals surface area contributed by atoms with Crippen molar-refractivity contribution in [2.45, 2.75) is 39.3 Å². The van der Waals surface area contributed by atoms with Crippen LogP contribution in [-0.4, -0.2) is 84.0 Å². The number of nitrogens with one attached hydrogen (secondary N) is 1. The van der Waals surface area contributed by atoms with E-state index < -0.39 is 5.82 Å². The summed E-state index contributed by atoms with van der Waals surface area (Å²) in [5.74, 6) is 0.682. The summed E-state index contributed by atoms with van der Waals surface area (Å²) in [5.41, 5.74) is 1.15. The first kappa shape index (κ1) is 25.8. The van der Waals surface area contributed by atoms with E-state index >= 15 is 0 Å². The quantitative estimate of drug-likeness (QED) is 0.324. The zero-order chi connectivity index (χ0) is 21.3. The van der Waals surface area contributed by atoms with Crippen LogP contribution in [0, 0.1) is 5.82 Å². The number of hydrogen-bond acceptors (Lipinski definition) is 4. The average Bonchev–Trinajstić information content (AvgIpc) is 2.78. The highest BCUT2D eigenvalue weighted by Crippen LogP contribution is 2.13. The number of guanidine groups is 1. The van der Waals surface area contributed by atoms with Gasteiger partial charge < -0.3 is 20.2 Å². The number of halogens is 2. The largest absolute Gasteiger partial charge is 0.392 e. The van der Waals surface area contributed by atoms with Crippen molar-refractivity contribution in [3.8, 4) is 0 Å². The molecule has 0 atom stereocenters. The van der Waals surface area contributed by atoms with E-state index in [-0.39, 0.29) is 36.5 Å². The van der Waals surface area contributed by atoms with Crippen molar-refractivity contribution in [1.82, 2.24) is 20.0 Å². The van der Waals surface area contributed by atoms with E-state index in [1.54, 1.807) is 12.1 Å². The topological polar surface area (TPSA) is 71.4 Å². The Kier molecular flexibility index (Phi) is 11.0. The Hall–Kier alpha value is -1.46. The second-order valence-corrected chi connectivity index (χ2v) is 7.96. The number of piperidine rings is 1. The van der Waals surface area contributed by atoms with Gasteiger partial charge in [-0.3, -0.25) is 9.69 Å². The van der Waals surface area contributed by atoms with Gasteiger partial charge in [-0.05, 0) is 43.9 Å². The lowest BCUT2D eigenvalue weighted by Crippen LogP contribution is -2.54. The number of aliphatic imine (C=N–C) groups is 1. The van der Waals surface area contributed by atoms with Gasteiger partial charge in [0.05, 0.1) is 19.7 Å². The number of carbonyl (C=O) groups is 1. The molecule has 3 rings (SSSR count). The first-order valence-electron chi connectivity index (χ1n) is 11.0. The van der Waals surface area contributed by atoms with E-state index in [4.69, 9.17) is 4.99 Å². The molecule has 2 heterocycles. The fraction of sp³-hybridized carbons (Fsp3) is 0.636. The molecule has 0 bridgehead atoms. The lowest BCUT2D eigenvalue weighted by molar-refractivity contribution is -0.133. The molecule has 2 aliphatic rings. The molecule has 0 radical (unpaired) electrons. The number of aliphatic hydroxyl groups excluding tert-OH is 1. The summed E-state index contributed by atoms with van der Waals surface area (Å²) in [6, 6.07) is 4.74. The van der Waals surface area contributed by atoms with Crippen LogP contribution in [0.3, 0.4) is 0 Å². The second-order valence-electron chi connectivity index (χ2n) is 7.96. The molecular weight excluding hydrogens is 512 g/mol. The summed E-state index contributed by atoms with van der Waals surface area (Å²) in [6.07, 6.45) is 3.47. The van der Waals surface area contributed by atoms with Crippen LogP contribution in [0.1, 0.15) is 37.3 Å². The Morgan fingerprint density at radius 3 is 2.45 bits per heavy atom. The van der Waals surface area contributed by atoms with Gasteiger partial charge in [0.15, 0.2) is 5.96 Å². The van der Waals surface area contributed by atoms with Crippen LogP contribution >= 0.6 is 24.0 Å². The van der Waals surface area contributed by atoms with E-state index in [0.717, 1.165) is 70.2 Å². The van der Waals surface area contributed by atoms with Crippen molar-refractivity contribution in [3.63, 3.8) is 0 Å². The molecule has 2 fully saturated rings. The maximum Gasteiger partial charge on any atom is 0.236 e. The predicted molar refractivity (Wildman–Crippen MR) is 131 cm³/mol. The van der Waals surface area contributed by atoms with Crippen LogP contribution in [0.4, 0.5) is 4.39 Å². The van der Waals surface area contributed by atoms with Gasteiger partial charge in [-0.25, -0.2) is 9.38 Å². The van der Waals surface area contributed by atoms with Crippen LogP contribution in [-0.2, 0) is 17.9 Å². The first-order valence-corrected chi connectivity index (χ1v) is 11.0. The number of carbonyl (C=O) groups excluding carboxylic acids is 1. The number of piperazine rings is 1. The van der Waals surface area contributed by atoms with Crippen molar-refractivity contribution in [2.75, 3.05) is 52.4 Å². The molecule has 1 amide bonds. The molecule has 0 unspecified atom stereocenters. The molecule has 1 aromatic carbocycles. The number of rotatable bonds is 6. The SMILES string of the molecule is CCNC(=NCc1ccc(F)c(CO)c1)N1CCN(CC(=O)N2CCCCC2)CC1.I. The maximum absolute atomic E-state index is 13.6. The number of aliphatic hydroxyl groups is 1. The van der Waals surface area contributed by atoms with E-state index in [2.05, 4.69) is 15.1 Å². The smallest absolute Gasteiger partial charge is 0.236 e. The molecule has 7 nitrogen and oxygen atoms in total. The molecule has 9 heteroatoms. The molecule has 0 spiro atoms. The number of hydrogen-bond donors (Lipinski definition) is 2. The molecule has 0 aliphatic carbocycles. The van der Waals surface area contributed by atoms with Crippen LogP contribution < -0.4 is 5.32 Å². The molecule has 31 heavy (non-hydrogen) atoms. The molecule has 0 saturated carbocycles. The minimum absolute atomic E-state index is 0. The van der Waals surface area contributed by atoms with Crippen LogP contribution in [0.5, 0.6) is 0 Å². The highest BCUT2D eigenvalue weighted by molar-refractivity contribution is 14.0. The first-order chi connectivity index (χ1) is 14.6. The summed E-state index contributed by atoms with van der Waals surface area (Å²) in [7, 11) is 0. The summed E-state index contributed by atoms with van der Waals surface area (Å²) >= 11 is 0. The monoisotopic (exact) mass is 547 g/mol. The fourth-order valence-corrected chi connectivity index (χ4v) is 3.99. The lowest BCUT2D eigenvalue weighted by Gasteiger charge is -2.37. The van der Waals surface area contributed by atoms with E-state index in [0.29, 0.717) is 18.7 Å². The van der Waals surface area contributed by atoms with Crippen LogP contribution in [0.2, 0.25) is 0 Å². The van der Waals surface area contributed by atoms with Crippen LogP contribution in [0.15, 0.2) is 23.2 Å². The van der Waals surface area contributed by atoms with Gasteiger partial charge in [0.1, 0.15) is 5.82 Å². The summed E-state index contributed by atoms with van der Waals surface area (Å²) in [5, 5.41) is 12.6. The van der Waals surface area contributed by atoms with E-state index in [9.17, 15) is 14.3 Å². The predicted octanol–water partition coefficient (Wildman–Crippen LogP) is 2.03. The molecule has 1 aromatic rings. The van der Waals surface area contributed by atoms with E-state index in [1.165, 1.54) is 12.5 Å². The van der Waals surface area contributed by atoms with Gasteiger partial charge in [0, 0.05) is 51.4 Å². The van der Waals surface area contributed by atoms with Crippen molar-refractivity contribution in [3.05, 3.63) is 35.1 Å². The van der Waals surface area contributed by atoms with Gasteiger partial charge >= 0.3 is 0 Å². The van der Waals surface area contributed by atoms with Crippen molar-refractivity contribution >= 4 is 35.8 Å². The lowest BCUT2D eigenvalue weighted by atomic mass is 10.1. The molecule has 0 aromatic heterocycles. The highest BCUT2D eigenvalue weighted by Gasteiger charge is 2.24. The average molecular weight is 547 g/mol. The Morgan fingerprint density at radius 2 is 1.81 bits per heavy atom. The Morgan fingerprint density at radius 1 is 1.10 bits per heavy atom. The maximum atomic E-state index is 13.6. The number of likely N-dealkylation sites (tertiary alicyclic amines) is 1. The molecule has 2 aliphatic heterocycles. The summed E-state index contributed by atoms with van der Waals surface area (Å²) in [6.45, 7) is 8.47. The summed E-state index contributed by atoms with van der Waals surface area (Å²) in [4.78, 5) is 23.7. The van der Waals surface area contributed by atoms with Gasteiger partial charge in [-0.1, -0.05) is 6.07 Å². The van der Waals surface area contributed by atoms with E-state index in [1.807, 2.05) is 11.8 Å². The van der Waals surface area contributed by atoms with Crippen molar-refractivity contribution < 1.29 is 14.3 Å².